The van der Waals surface area contributed by atoms with Crippen molar-refractivity contribution in [3.8, 4) is 0 Å². The first-order chi connectivity index (χ1) is 15.3. The fourth-order valence-corrected chi connectivity index (χ4v) is 11.6. The summed E-state index contributed by atoms with van der Waals surface area (Å²) >= 11 is 0. The van der Waals surface area contributed by atoms with E-state index in [1.165, 1.54) is 19.3 Å². The Kier molecular flexibility index (Phi) is 5.13. The van der Waals surface area contributed by atoms with Crippen LogP contribution in [0, 0.1) is 62.6 Å². The summed E-state index contributed by atoms with van der Waals surface area (Å²) < 4.78 is 0. The zero-order chi connectivity index (χ0) is 24.2. The number of hydrogen-bond acceptors (Lipinski definition) is 2. The summed E-state index contributed by atoms with van der Waals surface area (Å²) in [4.78, 5) is 25.7. The zero-order valence-corrected chi connectivity index (χ0v) is 22.3. The van der Waals surface area contributed by atoms with E-state index in [1.807, 2.05) is 0 Å². The molecule has 0 aromatic rings. The van der Waals surface area contributed by atoms with E-state index in [0.717, 1.165) is 44.9 Å². The molecule has 3 nitrogen and oxygen atoms in total. The standard InChI is InChI=1S/C30H48O3/c1-18(2)19-10-15-30(25(32)33)17-16-28(6)20(24(19)30)8-9-22-27(5)13-12-23(31)26(3,4)21(27)11-14-29(22,28)7/h18-22,24H,8-17H2,1-7H3,(H,32,33)/t19?,20?,21?,22?,24?,27?,28-,29?,30?/m1/s1. The third-order valence-corrected chi connectivity index (χ3v) is 13.5. The predicted octanol–water partition coefficient (Wildman–Crippen LogP) is 7.38. The number of rotatable bonds is 2. The number of ketones is 1. The minimum atomic E-state index is -0.506. The third-order valence-electron chi connectivity index (χ3n) is 13.5. The predicted molar refractivity (Wildman–Crippen MR) is 132 cm³/mol. The van der Waals surface area contributed by atoms with Crippen LogP contribution in [0.15, 0.2) is 0 Å². The molecule has 0 amide bonds. The fraction of sp³-hybridized carbons (Fsp3) is 0.933. The summed E-state index contributed by atoms with van der Waals surface area (Å²) in [6.45, 7) is 16.8. The van der Waals surface area contributed by atoms with Crippen molar-refractivity contribution in [2.45, 2.75) is 113 Å². The van der Waals surface area contributed by atoms with Gasteiger partial charge in [-0.3, -0.25) is 9.59 Å². The Morgan fingerprint density at radius 1 is 0.848 bits per heavy atom. The number of aliphatic carboxylic acids is 1. The maximum atomic E-state index is 12.9. The maximum Gasteiger partial charge on any atom is 0.309 e. The lowest BCUT2D eigenvalue weighted by Crippen LogP contribution is -2.66. The van der Waals surface area contributed by atoms with E-state index in [4.69, 9.17) is 0 Å². The lowest BCUT2D eigenvalue weighted by atomic mass is 9.32. The lowest BCUT2D eigenvalue weighted by molar-refractivity contribution is -0.237. The SMILES string of the molecule is CC(C)C1CCC2(C(=O)O)CC[C@]3(C)C(CCC4C5(C)CCC(=O)C(C)(C)C5CCC43C)C12. The highest BCUT2D eigenvalue weighted by molar-refractivity contribution is 5.85. The summed E-state index contributed by atoms with van der Waals surface area (Å²) in [7, 11) is 0. The molecule has 3 heteroatoms. The normalized spacial score (nSPS) is 53.1. The lowest BCUT2D eigenvalue weighted by Gasteiger charge is -2.72. The van der Waals surface area contributed by atoms with Crippen molar-refractivity contribution in [2.75, 3.05) is 0 Å². The molecule has 5 saturated carbocycles. The van der Waals surface area contributed by atoms with Gasteiger partial charge in [0.15, 0.2) is 0 Å². The molecule has 0 radical (unpaired) electrons. The summed E-state index contributed by atoms with van der Waals surface area (Å²) in [6.07, 6.45) is 10.5. The smallest absolute Gasteiger partial charge is 0.309 e. The Bertz CT molecular complexity index is 859. The summed E-state index contributed by atoms with van der Waals surface area (Å²) in [6, 6.07) is 0. The molecule has 8 unspecified atom stereocenters. The number of carbonyl (C=O) groups is 2. The van der Waals surface area contributed by atoms with Gasteiger partial charge < -0.3 is 5.11 Å². The molecule has 5 aliphatic carbocycles. The van der Waals surface area contributed by atoms with Gasteiger partial charge >= 0.3 is 5.97 Å². The van der Waals surface area contributed by atoms with Gasteiger partial charge in [-0.05, 0) is 110 Å². The van der Waals surface area contributed by atoms with Crippen molar-refractivity contribution in [1.29, 1.82) is 0 Å². The van der Waals surface area contributed by atoms with Crippen LogP contribution in [0.1, 0.15) is 113 Å². The molecule has 0 aliphatic heterocycles. The number of carboxylic acids is 1. The second kappa shape index (κ2) is 7.10. The van der Waals surface area contributed by atoms with Gasteiger partial charge in [0.05, 0.1) is 5.41 Å². The monoisotopic (exact) mass is 456 g/mol. The van der Waals surface area contributed by atoms with Crippen molar-refractivity contribution in [3.05, 3.63) is 0 Å². The molecule has 0 bridgehead atoms. The number of carboxylic acid groups (broad SMARTS) is 1. The molecular weight excluding hydrogens is 408 g/mol. The van der Waals surface area contributed by atoms with E-state index in [9.17, 15) is 14.7 Å². The van der Waals surface area contributed by atoms with Crippen LogP contribution < -0.4 is 0 Å². The van der Waals surface area contributed by atoms with Crippen molar-refractivity contribution >= 4 is 11.8 Å². The van der Waals surface area contributed by atoms with E-state index in [0.29, 0.717) is 41.3 Å². The highest BCUT2D eigenvalue weighted by atomic mass is 16.4. The number of carbonyl (C=O) groups excluding carboxylic acids is 1. The van der Waals surface area contributed by atoms with E-state index >= 15 is 0 Å². The number of Topliss-reactive ketones (excluding diaryl/α,β-unsaturated/α-hetero) is 1. The Labute approximate surface area is 201 Å². The van der Waals surface area contributed by atoms with Crippen molar-refractivity contribution in [2.24, 2.45) is 62.6 Å². The minimum absolute atomic E-state index is 0.203. The highest BCUT2D eigenvalue weighted by Crippen LogP contribution is 2.77. The van der Waals surface area contributed by atoms with Gasteiger partial charge in [-0.1, -0.05) is 48.5 Å². The number of hydrogen-bond donors (Lipinski definition) is 1. The van der Waals surface area contributed by atoms with Gasteiger partial charge in [0.1, 0.15) is 5.78 Å². The van der Waals surface area contributed by atoms with Gasteiger partial charge in [-0.2, -0.15) is 0 Å². The van der Waals surface area contributed by atoms with E-state index in [1.54, 1.807) is 0 Å². The molecule has 5 rings (SSSR count). The molecule has 33 heavy (non-hydrogen) atoms. The van der Waals surface area contributed by atoms with Crippen LogP contribution in [-0.4, -0.2) is 16.9 Å². The van der Waals surface area contributed by atoms with Gasteiger partial charge in [-0.25, -0.2) is 0 Å². The molecule has 186 valence electrons. The van der Waals surface area contributed by atoms with E-state index < -0.39 is 11.4 Å². The minimum Gasteiger partial charge on any atom is -0.481 e. The Hall–Kier alpha value is -0.860. The molecular formula is C30H48O3. The molecule has 1 N–H and O–H groups in total. The first kappa shape index (κ1) is 23.9. The second-order valence-electron chi connectivity index (χ2n) is 14.7. The first-order valence-corrected chi connectivity index (χ1v) is 14.0. The van der Waals surface area contributed by atoms with Crippen molar-refractivity contribution in [1.82, 2.24) is 0 Å². The largest absolute Gasteiger partial charge is 0.481 e. The molecule has 0 aromatic carbocycles. The average molecular weight is 457 g/mol. The zero-order valence-electron chi connectivity index (χ0n) is 22.3. The molecule has 0 heterocycles. The van der Waals surface area contributed by atoms with Crippen LogP contribution in [0.5, 0.6) is 0 Å². The van der Waals surface area contributed by atoms with Crippen LogP contribution in [0.25, 0.3) is 0 Å². The molecule has 0 aromatic heterocycles. The highest BCUT2D eigenvalue weighted by Gasteiger charge is 2.72. The Morgan fingerprint density at radius 3 is 2.18 bits per heavy atom. The summed E-state index contributed by atoms with van der Waals surface area (Å²) in [5.41, 5.74) is -0.0101. The van der Waals surface area contributed by atoms with Gasteiger partial charge in [0.2, 0.25) is 0 Å². The Balaban J connectivity index is 1.56. The molecule has 0 spiro atoms. The molecule has 5 aliphatic rings. The third kappa shape index (κ3) is 2.75. The molecule has 9 atom stereocenters. The first-order valence-electron chi connectivity index (χ1n) is 14.0. The van der Waals surface area contributed by atoms with E-state index in [2.05, 4.69) is 48.5 Å². The second-order valence-corrected chi connectivity index (χ2v) is 14.7. The van der Waals surface area contributed by atoms with Gasteiger partial charge in [0.25, 0.3) is 0 Å². The van der Waals surface area contributed by atoms with Gasteiger partial charge in [0, 0.05) is 11.8 Å². The maximum absolute atomic E-state index is 12.9. The van der Waals surface area contributed by atoms with Crippen LogP contribution in [0.3, 0.4) is 0 Å². The van der Waals surface area contributed by atoms with Crippen LogP contribution in [-0.2, 0) is 9.59 Å². The summed E-state index contributed by atoms with van der Waals surface area (Å²) in [5, 5.41) is 10.5. The Morgan fingerprint density at radius 2 is 1.55 bits per heavy atom. The van der Waals surface area contributed by atoms with Crippen LogP contribution in [0.4, 0.5) is 0 Å². The van der Waals surface area contributed by atoms with Crippen molar-refractivity contribution in [3.63, 3.8) is 0 Å². The average Bonchev–Trinajstić information content (AvgIpc) is 3.13. The fourth-order valence-electron chi connectivity index (χ4n) is 11.6. The summed E-state index contributed by atoms with van der Waals surface area (Å²) in [5.74, 6) is 3.07. The van der Waals surface area contributed by atoms with Crippen LogP contribution >= 0.6 is 0 Å². The van der Waals surface area contributed by atoms with Crippen molar-refractivity contribution < 1.29 is 14.7 Å². The topological polar surface area (TPSA) is 54.4 Å². The number of fused-ring (bicyclic) bond motifs is 7. The molecule has 5 fully saturated rings. The van der Waals surface area contributed by atoms with Gasteiger partial charge in [-0.15, -0.1) is 0 Å². The van der Waals surface area contributed by atoms with Crippen LogP contribution in [0.2, 0.25) is 0 Å². The molecule has 0 saturated heterocycles. The quantitative estimate of drug-likeness (QED) is 0.471. The van der Waals surface area contributed by atoms with E-state index in [-0.39, 0.29) is 21.7 Å².